The van der Waals surface area contributed by atoms with Crippen LogP contribution in [0.1, 0.15) is 29.8 Å². The number of aliphatic hydroxyl groups excluding tert-OH is 1. The molecule has 1 rings (SSSR count). The van der Waals surface area contributed by atoms with Crippen LogP contribution in [0.2, 0.25) is 0 Å². The lowest BCUT2D eigenvalue weighted by atomic mass is 10.1. The van der Waals surface area contributed by atoms with Gasteiger partial charge in [-0.2, -0.15) is 13.2 Å². The van der Waals surface area contributed by atoms with Gasteiger partial charge in [0.2, 0.25) is 5.91 Å². The molecule has 1 unspecified atom stereocenters. The first kappa shape index (κ1) is 19.0. The Hall–Kier alpha value is -2.09. The molecule has 0 saturated carbocycles. The van der Waals surface area contributed by atoms with Gasteiger partial charge < -0.3 is 15.7 Å². The molecule has 3 N–H and O–H groups in total. The van der Waals surface area contributed by atoms with Gasteiger partial charge >= 0.3 is 6.18 Å². The van der Waals surface area contributed by atoms with Crippen LogP contribution in [-0.2, 0) is 11.0 Å². The van der Waals surface area contributed by atoms with Crippen LogP contribution >= 0.6 is 0 Å². The maximum atomic E-state index is 12.4. The van der Waals surface area contributed by atoms with Gasteiger partial charge in [0.15, 0.2) is 0 Å². The fourth-order valence-corrected chi connectivity index (χ4v) is 1.59. The molecule has 0 aromatic heterocycles. The van der Waals surface area contributed by atoms with E-state index in [1.165, 1.54) is 0 Å². The van der Waals surface area contributed by atoms with Crippen molar-refractivity contribution in [2.24, 2.45) is 5.92 Å². The Kier molecular flexibility index (Phi) is 6.56. The maximum Gasteiger partial charge on any atom is 0.416 e. The van der Waals surface area contributed by atoms with E-state index < -0.39 is 29.7 Å². The van der Waals surface area contributed by atoms with Crippen molar-refractivity contribution in [3.63, 3.8) is 0 Å². The van der Waals surface area contributed by atoms with Crippen molar-refractivity contribution < 1.29 is 27.9 Å². The van der Waals surface area contributed by atoms with Crippen molar-refractivity contribution in [2.45, 2.75) is 26.1 Å². The first-order valence-electron chi connectivity index (χ1n) is 7.01. The monoisotopic (exact) mass is 332 g/mol. The van der Waals surface area contributed by atoms with Crippen molar-refractivity contribution in [3.05, 3.63) is 35.4 Å². The molecule has 2 amide bonds. The summed E-state index contributed by atoms with van der Waals surface area (Å²) in [4.78, 5) is 23.2. The first-order valence-corrected chi connectivity index (χ1v) is 7.01. The van der Waals surface area contributed by atoms with Gasteiger partial charge in [-0.1, -0.05) is 13.8 Å². The Bertz CT molecular complexity index is 542. The standard InChI is InChI=1S/C15H19F3N2O3/c1-9(2)12(21)7-19-13(22)8-20-14(23)10-3-5-11(6-4-10)15(16,17)18/h3-6,9,12,21H,7-8H2,1-2H3,(H,19,22)(H,20,23). The Balaban J connectivity index is 2.46. The van der Waals surface area contributed by atoms with Crippen molar-refractivity contribution in [3.8, 4) is 0 Å². The predicted octanol–water partition coefficient (Wildman–Crippen LogP) is 1.57. The fourth-order valence-electron chi connectivity index (χ4n) is 1.59. The molecule has 0 fully saturated rings. The first-order chi connectivity index (χ1) is 10.6. The summed E-state index contributed by atoms with van der Waals surface area (Å²) in [5, 5.41) is 14.3. The zero-order chi connectivity index (χ0) is 17.6. The number of rotatable bonds is 6. The molecule has 8 heteroatoms. The summed E-state index contributed by atoms with van der Waals surface area (Å²) >= 11 is 0. The highest BCUT2D eigenvalue weighted by Crippen LogP contribution is 2.28. The molecular formula is C15H19F3N2O3. The second-order valence-corrected chi connectivity index (χ2v) is 5.37. The predicted molar refractivity (Wildman–Crippen MR) is 77.6 cm³/mol. The lowest BCUT2D eigenvalue weighted by molar-refractivity contribution is -0.137. The van der Waals surface area contributed by atoms with Crippen LogP contribution in [0.5, 0.6) is 0 Å². The highest BCUT2D eigenvalue weighted by Gasteiger charge is 2.30. The van der Waals surface area contributed by atoms with Crippen molar-refractivity contribution in [1.29, 1.82) is 0 Å². The molecule has 23 heavy (non-hydrogen) atoms. The van der Waals surface area contributed by atoms with E-state index in [-0.39, 0.29) is 24.6 Å². The summed E-state index contributed by atoms with van der Waals surface area (Å²) in [6, 6.07) is 3.68. The quantitative estimate of drug-likeness (QED) is 0.740. The number of hydrogen-bond donors (Lipinski definition) is 3. The van der Waals surface area contributed by atoms with Crippen molar-refractivity contribution in [1.82, 2.24) is 10.6 Å². The smallest absolute Gasteiger partial charge is 0.391 e. The minimum absolute atomic E-state index is 0.0166. The molecule has 0 radical (unpaired) electrons. The molecule has 128 valence electrons. The summed E-state index contributed by atoms with van der Waals surface area (Å²) in [6.07, 6.45) is -5.16. The van der Waals surface area contributed by atoms with E-state index >= 15 is 0 Å². The molecule has 0 aliphatic heterocycles. The molecule has 0 aliphatic carbocycles. The number of carbonyl (C=O) groups is 2. The molecular weight excluding hydrogens is 313 g/mol. The number of alkyl halides is 3. The minimum atomic E-state index is -4.47. The van der Waals surface area contributed by atoms with Gasteiger partial charge in [-0.05, 0) is 30.2 Å². The van der Waals surface area contributed by atoms with Gasteiger partial charge in [0, 0.05) is 12.1 Å². The van der Waals surface area contributed by atoms with E-state index in [4.69, 9.17) is 0 Å². The highest BCUT2D eigenvalue weighted by molar-refractivity contribution is 5.96. The van der Waals surface area contributed by atoms with E-state index in [2.05, 4.69) is 10.6 Å². The van der Waals surface area contributed by atoms with Crippen LogP contribution in [0.4, 0.5) is 13.2 Å². The second-order valence-electron chi connectivity index (χ2n) is 5.37. The zero-order valence-corrected chi connectivity index (χ0v) is 12.8. The zero-order valence-electron chi connectivity index (χ0n) is 12.8. The molecule has 0 bridgehead atoms. The van der Waals surface area contributed by atoms with E-state index in [9.17, 15) is 27.9 Å². The highest BCUT2D eigenvalue weighted by atomic mass is 19.4. The van der Waals surface area contributed by atoms with Gasteiger partial charge in [0.05, 0.1) is 18.2 Å². The van der Waals surface area contributed by atoms with E-state index in [0.717, 1.165) is 24.3 Å². The fraction of sp³-hybridized carbons (Fsp3) is 0.467. The molecule has 1 atom stereocenters. The molecule has 5 nitrogen and oxygen atoms in total. The normalized spacial score (nSPS) is 12.8. The van der Waals surface area contributed by atoms with Gasteiger partial charge in [-0.3, -0.25) is 9.59 Å². The third kappa shape index (κ3) is 6.27. The Morgan fingerprint density at radius 3 is 2.17 bits per heavy atom. The van der Waals surface area contributed by atoms with E-state index in [0.29, 0.717) is 0 Å². The van der Waals surface area contributed by atoms with Crippen LogP contribution < -0.4 is 10.6 Å². The van der Waals surface area contributed by atoms with Crippen LogP contribution in [0.15, 0.2) is 24.3 Å². The van der Waals surface area contributed by atoms with E-state index in [1.54, 1.807) is 13.8 Å². The Morgan fingerprint density at radius 1 is 1.13 bits per heavy atom. The van der Waals surface area contributed by atoms with Crippen molar-refractivity contribution in [2.75, 3.05) is 13.1 Å². The molecule has 0 heterocycles. The largest absolute Gasteiger partial charge is 0.416 e. The van der Waals surface area contributed by atoms with Crippen molar-refractivity contribution >= 4 is 11.8 Å². The number of amides is 2. The molecule has 1 aromatic rings. The maximum absolute atomic E-state index is 12.4. The lowest BCUT2D eigenvalue weighted by Crippen LogP contribution is -2.41. The average Bonchev–Trinajstić information content (AvgIpc) is 2.49. The van der Waals surface area contributed by atoms with Gasteiger partial charge in [-0.25, -0.2) is 0 Å². The third-order valence-electron chi connectivity index (χ3n) is 3.16. The number of halogens is 3. The Labute approximate surface area is 131 Å². The summed E-state index contributed by atoms with van der Waals surface area (Å²) < 4.78 is 37.2. The van der Waals surface area contributed by atoms with Gasteiger partial charge in [-0.15, -0.1) is 0 Å². The molecule has 0 saturated heterocycles. The van der Waals surface area contributed by atoms with Gasteiger partial charge in [0.1, 0.15) is 0 Å². The average molecular weight is 332 g/mol. The number of aliphatic hydroxyl groups is 1. The van der Waals surface area contributed by atoms with Crippen LogP contribution in [0, 0.1) is 5.92 Å². The molecule has 0 aliphatic rings. The summed E-state index contributed by atoms with van der Waals surface area (Å²) in [6.45, 7) is 3.32. The summed E-state index contributed by atoms with van der Waals surface area (Å²) in [7, 11) is 0. The van der Waals surface area contributed by atoms with Crippen LogP contribution in [0.25, 0.3) is 0 Å². The Morgan fingerprint density at radius 2 is 1.70 bits per heavy atom. The SMILES string of the molecule is CC(C)C(O)CNC(=O)CNC(=O)c1ccc(C(F)(F)F)cc1. The van der Waals surface area contributed by atoms with E-state index in [1.807, 2.05) is 0 Å². The summed E-state index contributed by atoms with van der Waals surface area (Å²) in [5.41, 5.74) is -0.831. The third-order valence-corrected chi connectivity index (χ3v) is 3.16. The molecule has 1 aromatic carbocycles. The van der Waals surface area contributed by atoms with Crippen LogP contribution in [0.3, 0.4) is 0 Å². The lowest BCUT2D eigenvalue weighted by Gasteiger charge is -2.15. The second kappa shape index (κ2) is 7.96. The minimum Gasteiger partial charge on any atom is -0.391 e. The van der Waals surface area contributed by atoms with Gasteiger partial charge in [0.25, 0.3) is 5.91 Å². The topological polar surface area (TPSA) is 78.4 Å². The number of benzene rings is 1. The number of hydrogen-bond acceptors (Lipinski definition) is 3. The number of nitrogens with one attached hydrogen (secondary N) is 2. The van der Waals surface area contributed by atoms with Crippen LogP contribution in [-0.4, -0.2) is 36.1 Å². The summed E-state index contributed by atoms with van der Waals surface area (Å²) in [5.74, 6) is -1.17. The molecule has 0 spiro atoms. The number of carbonyl (C=O) groups excluding carboxylic acids is 2.